The summed E-state index contributed by atoms with van der Waals surface area (Å²) in [5.41, 5.74) is 1.11. The maximum atomic E-state index is 2.31. The molecule has 0 amide bonds. The molecule has 1 unspecified atom stereocenters. The van der Waals surface area contributed by atoms with Crippen LogP contribution >= 0.6 is 0 Å². The minimum absolute atomic E-state index is 1.11. The predicted molar refractivity (Wildman–Crippen MR) is 108 cm³/mol. The zero-order chi connectivity index (χ0) is 16.3. The van der Waals surface area contributed by atoms with Gasteiger partial charge in [-0.05, 0) is 0 Å². The van der Waals surface area contributed by atoms with Crippen LogP contribution in [0.1, 0.15) is 129 Å². The summed E-state index contributed by atoms with van der Waals surface area (Å²) in [6, 6.07) is 0. The van der Waals surface area contributed by atoms with E-state index in [2.05, 4.69) is 13.8 Å². The first-order valence-electron chi connectivity index (χ1n) is 10.8. The molecule has 0 aliphatic heterocycles. The Hall–Kier alpha value is 0.217. The number of hydrogen-bond donors (Lipinski definition) is 0. The van der Waals surface area contributed by atoms with Gasteiger partial charge in [0.1, 0.15) is 0 Å². The van der Waals surface area contributed by atoms with E-state index in [4.69, 9.17) is 0 Å². The Balaban J connectivity index is 3.10. The molecule has 0 aromatic rings. The molecule has 0 aliphatic carbocycles. The molecule has 0 saturated carbocycles. The van der Waals surface area contributed by atoms with Gasteiger partial charge in [-0.3, -0.25) is 0 Å². The molecule has 1 atom stereocenters. The molecular formula is C21H46Si. The van der Waals surface area contributed by atoms with Crippen LogP contribution < -0.4 is 0 Å². The summed E-state index contributed by atoms with van der Waals surface area (Å²) in [5, 5.41) is 0. The first kappa shape index (κ1) is 22.2. The zero-order valence-electron chi connectivity index (χ0n) is 16.3. The largest absolute Gasteiger partial charge is 0.0654 e. The maximum Gasteiger partial charge on any atom is 0.00672 e. The van der Waals surface area contributed by atoms with Crippen LogP contribution in [0.2, 0.25) is 5.54 Å². The van der Waals surface area contributed by atoms with Crippen LogP contribution in [0.5, 0.6) is 0 Å². The molecular weight excluding hydrogens is 280 g/mol. The lowest BCUT2D eigenvalue weighted by Gasteiger charge is -2.11. The van der Waals surface area contributed by atoms with Gasteiger partial charge in [-0.15, -0.1) is 0 Å². The Bertz CT molecular complexity index is 190. The molecule has 0 bridgehead atoms. The second kappa shape index (κ2) is 19.3. The summed E-state index contributed by atoms with van der Waals surface area (Å²) < 4.78 is 0. The van der Waals surface area contributed by atoms with Crippen LogP contribution in [-0.4, -0.2) is 10.2 Å². The highest BCUT2D eigenvalue weighted by Crippen LogP contribution is 2.21. The Morgan fingerprint density at radius 1 is 0.455 bits per heavy atom. The first-order chi connectivity index (χ1) is 10.8. The average Bonchev–Trinajstić information content (AvgIpc) is 2.52. The van der Waals surface area contributed by atoms with Crippen molar-refractivity contribution in [1.82, 2.24) is 0 Å². The number of rotatable bonds is 18. The van der Waals surface area contributed by atoms with E-state index < -0.39 is 0 Å². The van der Waals surface area contributed by atoms with Crippen LogP contribution in [0, 0.1) is 0 Å². The summed E-state index contributed by atoms with van der Waals surface area (Å²) >= 11 is 0. The Morgan fingerprint density at radius 2 is 0.727 bits per heavy atom. The second-order valence-corrected chi connectivity index (χ2v) is 9.27. The van der Waals surface area contributed by atoms with E-state index in [1.165, 1.54) is 126 Å². The fraction of sp³-hybridized carbons (Fsp3) is 1.00. The van der Waals surface area contributed by atoms with E-state index in [0.29, 0.717) is 0 Å². The molecule has 0 spiro atoms. The third-order valence-corrected chi connectivity index (χ3v) is 6.26. The average molecular weight is 327 g/mol. The van der Waals surface area contributed by atoms with Crippen LogP contribution in [0.15, 0.2) is 0 Å². The Labute approximate surface area is 145 Å². The molecule has 0 fully saturated rings. The molecule has 0 aromatic heterocycles. The summed E-state index contributed by atoms with van der Waals surface area (Å²) in [5.74, 6) is 0. The second-order valence-electron chi connectivity index (χ2n) is 7.63. The molecule has 22 heavy (non-hydrogen) atoms. The van der Waals surface area contributed by atoms with Crippen molar-refractivity contribution < 1.29 is 0 Å². The van der Waals surface area contributed by atoms with E-state index in [1.807, 2.05) is 0 Å². The van der Waals surface area contributed by atoms with Crippen molar-refractivity contribution in [3.63, 3.8) is 0 Å². The van der Waals surface area contributed by atoms with Gasteiger partial charge in [-0.1, -0.05) is 135 Å². The normalized spacial score (nSPS) is 12.8. The van der Waals surface area contributed by atoms with Crippen molar-refractivity contribution in [3.8, 4) is 0 Å². The molecule has 1 heteroatoms. The number of unbranched alkanes of at least 4 members (excludes halogenated alkanes) is 14. The molecule has 134 valence electrons. The summed E-state index contributed by atoms with van der Waals surface area (Å²) in [6.45, 7) is 4.61. The quantitative estimate of drug-likeness (QED) is 0.184. The van der Waals surface area contributed by atoms with Gasteiger partial charge in [0.15, 0.2) is 0 Å². The fourth-order valence-corrected chi connectivity index (χ4v) is 4.21. The summed E-state index contributed by atoms with van der Waals surface area (Å²) in [7, 11) is 1.43. The van der Waals surface area contributed by atoms with E-state index in [1.54, 1.807) is 0 Å². The predicted octanol–water partition coefficient (Wildman–Crippen LogP) is 7.20. The maximum absolute atomic E-state index is 2.31. The molecule has 0 nitrogen and oxygen atoms in total. The van der Waals surface area contributed by atoms with Crippen LogP contribution in [0.25, 0.3) is 0 Å². The smallest absolute Gasteiger partial charge is 0.00672 e. The van der Waals surface area contributed by atoms with Crippen molar-refractivity contribution in [2.75, 3.05) is 0 Å². The van der Waals surface area contributed by atoms with E-state index in [-0.39, 0.29) is 0 Å². The molecule has 0 rings (SSSR count). The van der Waals surface area contributed by atoms with Crippen molar-refractivity contribution in [3.05, 3.63) is 0 Å². The third-order valence-electron chi connectivity index (χ3n) is 5.10. The minimum Gasteiger partial charge on any atom is -0.0654 e. The van der Waals surface area contributed by atoms with Crippen LogP contribution in [-0.2, 0) is 0 Å². The zero-order valence-corrected chi connectivity index (χ0v) is 18.3. The van der Waals surface area contributed by atoms with Crippen molar-refractivity contribution >= 4 is 10.2 Å². The van der Waals surface area contributed by atoms with Gasteiger partial charge in [0.25, 0.3) is 0 Å². The van der Waals surface area contributed by atoms with Crippen LogP contribution in [0.4, 0.5) is 0 Å². The minimum atomic E-state index is 1.11. The highest BCUT2D eigenvalue weighted by atomic mass is 28.1. The third kappa shape index (κ3) is 18.3. The van der Waals surface area contributed by atoms with Gasteiger partial charge in [0.2, 0.25) is 0 Å². The summed E-state index contributed by atoms with van der Waals surface area (Å²) in [6.07, 6.45) is 26.6. The summed E-state index contributed by atoms with van der Waals surface area (Å²) in [4.78, 5) is 0. The van der Waals surface area contributed by atoms with Gasteiger partial charge < -0.3 is 0 Å². The molecule has 0 radical (unpaired) electrons. The van der Waals surface area contributed by atoms with Gasteiger partial charge in [-0.25, -0.2) is 0 Å². The highest BCUT2D eigenvalue weighted by molar-refractivity contribution is 6.11. The topological polar surface area (TPSA) is 0 Å². The lowest BCUT2D eigenvalue weighted by Crippen LogP contribution is -1.93. The van der Waals surface area contributed by atoms with Gasteiger partial charge in [0, 0.05) is 10.2 Å². The lowest BCUT2D eigenvalue weighted by atomic mass is 10.0. The molecule has 0 saturated heterocycles. The van der Waals surface area contributed by atoms with E-state index >= 15 is 0 Å². The first-order valence-corrected chi connectivity index (χ1v) is 12.0. The van der Waals surface area contributed by atoms with Crippen molar-refractivity contribution in [2.45, 2.75) is 135 Å². The number of hydrogen-bond acceptors (Lipinski definition) is 0. The van der Waals surface area contributed by atoms with Gasteiger partial charge in [-0.2, -0.15) is 0 Å². The Kier molecular flexibility index (Phi) is 19.5. The van der Waals surface area contributed by atoms with Gasteiger partial charge >= 0.3 is 0 Å². The van der Waals surface area contributed by atoms with E-state index in [0.717, 1.165) is 5.54 Å². The monoisotopic (exact) mass is 326 g/mol. The fourth-order valence-electron chi connectivity index (χ4n) is 3.40. The molecule has 0 heterocycles. The lowest BCUT2D eigenvalue weighted by molar-refractivity contribution is 0.524. The molecule has 0 aromatic carbocycles. The molecule has 0 aliphatic rings. The van der Waals surface area contributed by atoms with Crippen molar-refractivity contribution in [2.24, 2.45) is 0 Å². The molecule has 0 N–H and O–H groups in total. The van der Waals surface area contributed by atoms with E-state index in [9.17, 15) is 0 Å². The van der Waals surface area contributed by atoms with Crippen LogP contribution in [0.3, 0.4) is 0 Å². The Morgan fingerprint density at radius 3 is 1.05 bits per heavy atom. The SMILES string of the molecule is CCCCCCCCCCCCC([SiH3])CCCCCCCC. The van der Waals surface area contributed by atoms with Crippen molar-refractivity contribution in [1.29, 1.82) is 0 Å². The van der Waals surface area contributed by atoms with Gasteiger partial charge in [0.05, 0.1) is 0 Å². The standard InChI is InChI=1S/C21H46Si/c1-3-5-7-9-11-12-13-14-16-18-20-21(22)19-17-15-10-8-6-4-2/h21H,3-20H2,1-2,22H3. The highest BCUT2D eigenvalue weighted by Gasteiger charge is 2.02.